The molecule has 120 valence electrons. The van der Waals surface area contributed by atoms with E-state index in [9.17, 15) is 22.8 Å². The first-order chi connectivity index (χ1) is 10.4. The Hall–Kier alpha value is -2.09. The van der Waals surface area contributed by atoms with E-state index in [1.807, 2.05) is 5.32 Å². The fraction of sp³-hybridized carbons (Fsp3) is 0.429. The van der Waals surface area contributed by atoms with Crippen molar-refractivity contribution < 1.29 is 22.8 Å². The minimum absolute atomic E-state index is 0.0458. The molecule has 1 fully saturated rings. The summed E-state index contributed by atoms with van der Waals surface area (Å²) >= 11 is 0. The van der Waals surface area contributed by atoms with E-state index in [-0.39, 0.29) is 11.6 Å². The predicted octanol–water partition coefficient (Wildman–Crippen LogP) is 1.90. The molecule has 0 aromatic heterocycles. The molecule has 0 saturated carbocycles. The molecule has 8 heteroatoms. The van der Waals surface area contributed by atoms with E-state index in [1.165, 1.54) is 6.07 Å². The number of urea groups is 1. The van der Waals surface area contributed by atoms with Crippen LogP contribution in [0.2, 0.25) is 0 Å². The van der Waals surface area contributed by atoms with Gasteiger partial charge in [0.15, 0.2) is 0 Å². The molecule has 0 atom stereocenters. The van der Waals surface area contributed by atoms with Gasteiger partial charge >= 0.3 is 12.2 Å². The van der Waals surface area contributed by atoms with Crippen LogP contribution in [0.25, 0.3) is 0 Å². The van der Waals surface area contributed by atoms with E-state index in [1.54, 1.807) is 0 Å². The van der Waals surface area contributed by atoms with Crippen molar-refractivity contribution in [2.75, 3.05) is 13.1 Å². The van der Waals surface area contributed by atoms with Gasteiger partial charge in [0, 0.05) is 11.6 Å². The summed E-state index contributed by atoms with van der Waals surface area (Å²) in [6.45, 7) is 1.54. The zero-order valence-corrected chi connectivity index (χ0v) is 11.7. The number of rotatable bonds is 2. The molecule has 0 aliphatic carbocycles. The molecule has 1 aromatic carbocycles. The molecule has 2 rings (SSSR count). The summed E-state index contributed by atoms with van der Waals surface area (Å²) in [5.74, 6) is -0.863. The van der Waals surface area contributed by atoms with E-state index < -0.39 is 23.7 Å². The van der Waals surface area contributed by atoms with Crippen LogP contribution in [-0.4, -0.2) is 31.1 Å². The second kappa shape index (κ2) is 6.78. The number of hydrogen-bond donors (Lipinski definition) is 3. The van der Waals surface area contributed by atoms with Crippen molar-refractivity contribution in [3.05, 3.63) is 35.4 Å². The van der Waals surface area contributed by atoms with Gasteiger partial charge < -0.3 is 10.6 Å². The fourth-order valence-corrected chi connectivity index (χ4v) is 2.20. The van der Waals surface area contributed by atoms with Crippen molar-refractivity contribution in [2.24, 2.45) is 0 Å². The van der Waals surface area contributed by atoms with Crippen molar-refractivity contribution in [3.63, 3.8) is 0 Å². The first kappa shape index (κ1) is 16.3. The van der Waals surface area contributed by atoms with Gasteiger partial charge in [-0.15, -0.1) is 0 Å². The number of amides is 3. The lowest BCUT2D eigenvalue weighted by atomic mass is 10.1. The van der Waals surface area contributed by atoms with Gasteiger partial charge in [0.1, 0.15) is 0 Å². The molecule has 1 aromatic rings. The van der Waals surface area contributed by atoms with Gasteiger partial charge in [-0.2, -0.15) is 13.2 Å². The second-order valence-corrected chi connectivity index (χ2v) is 5.03. The summed E-state index contributed by atoms with van der Waals surface area (Å²) in [6.07, 6.45) is -3.05. The smallest absolute Gasteiger partial charge is 0.335 e. The summed E-state index contributed by atoms with van der Waals surface area (Å²) in [7, 11) is 0. The van der Waals surface area contributed by atoms with E-state index in [4.69, 9.17) is 0 Å². The lowest BCUT2D eigenvalue weighted by molar-refractivity contribution is -0.137. The number of hydrogen-bond acceptors (Lipinski definition) is 3. The van der Waals surface area contributed by atoms with Crippen LogP contribution in [0.1, 0.15) is 28.8 Å². The number of nitrogens with one attached hydrogen (secondary N) is 3. The molecular formula is C14H16F3N3O2. The molecule has 1 saturated heterocycles. The summed E-state index contributed by atoms with van der Waals surface area (Å²) in [5.41, 5.74) is -1.14. The molecule has 1 aliphatic heterocycles. The highest BCUT2D eigenvalue weighted by atomic mass is 19.4. The Morgan fingerprint density at radius 3 is 2.50 bits per heavy atom. The highest BCUT2D eigenvalue weighted by Gasteiger charge is 2.31. The molecule has 0 spiro atoms. The SMILES string of the molecule is O=C(NC(=O)c1cccc(C(F)(F)F)c1)NC1CCNCC1. The van der Waals surface area contributed by atoms with Crippen LogP contribution in [0.4, 0.5) is 18.0 Å². The number of carbonyl (C=O) groups excluding carboxylic acids is 2. The molecule has 0 unspecified atom stereocenters. The van der Waals surface area contributed by atoms with E-state index in [2.05, 4.69) is 10.6 Å². The molecule has 1 heterocycles. The highest BCUT2D eigenvalue weighted by molar-refractivity contribution is 6.04. The Labute approximate surface area is 125 Å². The third kappa shape index (κ3) is 4.45. The van der Waals surface area contributed by atoms with Crippen LogP contribution < -0.4 is 16.0 Å². The second-order valence-electron chi connectivity index (χ2n) is 5.03. The maximum Gasteiger partial charge on any atom is 0.416 e. The zero-order valence-electron chi connectivity index (χ0n) is 11.7. The number of benzene rings is 1. The Kier molecular flexibility index (Phi) is 5.02. The maximum atomic E-state index is 12.6. The first-order valence-electron chi connectivity index (χ1n) is 6.86. The van der Waals surface area contributed by atoms with Crippen LogP contribution in [0, 0.1) is 0 Å². The van der Waals surface area contributed by atoms with Gasteiger partial charge in [-0.25, -0.2) is 4.79 Å². The quantitative estimate of drug-likeness (QED) is 0.780. The zero-order chi connectivity index (χ0) is 16.2. The first-order valence-corrected chi connectivity index (χ1v) is 6.86. The number of piperidine rings is 1. The van der Waals surface area contributed by atoms with Crippen molar-refractivity contribution in [1.29, 1.82) is 0 Å². The number of imide groups is 1. The number of halogens is 3. The third-order valence-electron chi connectivity index (χ3n) is 3.35. The summed E-state index contributed by atoms with van der Waals surface area (Å²) < 4.78 is 37.8. The van der Waals surface area contributed by atoms with Crippen molar-refractivity contribution in [1.82, 2.24) is 16.0 Å². The average molecular weight is 315 g/mol. The highest BCUT2D eigenvalue weighted by Crippen LogP contribution is 2.29. The van der Waals surface area contributed by atoms with Crippen LogP contribution in [0.15, 0.2) is 24.3 Å². The molecular weight excluding hydrogens is 299 g/mol. The Bertz CT molecular complexity index is 555. The molecule has 22 heavy (non-hydrogen) atoms. The summed E-state index contributed by atoms with van der Waals surface area (Å²) in [5, 5.41) is 7.81. The van der Waals surface area contributed by atoms with E-state index >= 15 is 0 Å². The molecule has 3 amide bonds. The minimum atomic E-state index is -4.53. The monoisotopic (exact) mass is 315 g/mol. The lowest BCUT2D eigenvalue weighted by Crippen LogP contribution is -2.48. The van der Waals surface area contributed by atoms with Gasteiger partial charge in [0.25, 0.3) is 5.91 Å². The van der Waals surface area contributed by atoms with Gasteiger partial charge in [-0.3, -0.25) is 10.1 Å². The van der Waals surface area contributed by atoms with Gasteiger partial charge in [-0.05, 0) is 44.1 Å². The Balaban J connectivity index is 1.95. The van der Waals surface area contributed by atoms with Gasteiger partial charge in [0.2, 0.25) is 0 Å². The Morgan fingerprint density at radius 2 is 1.86 bits per heavy atom. The average Bonchev–Trinajstić information content (AvgIpc) is 2.47. The molecule has 1 aliphatic rings. The van der Waals surface area contributed by atoms with E-state index in [0.29, 0.717) is 6.07 Å². The van der Waals surface area contributed by atoms with E-state index in [0.717, 1.165) is 38.1 Å². The minimum Gasteiger partial charge on any atom is -0.335 e. The van der Waals surface area contributed by atoms with Crippen LogP contribution >= 0.6 is 0 Å². The van der Waals surface area contributed by atoms with Crippen molar-refractivity contribution >= 4 is 11.9 Å². The lowest BCUT2D eigenvalue weighted by Gasteiger charge is -2.23. The Morgan fingerprint density at radius 1 is 1.18 bits per heavy atom. The molecule has 0 bridgehead atoms. The predicted molar refractivity (Wildman–Crippen MR) is 73.3 cm³/mol. The fourth-order valence-electron chi connectivity index (χ4n) is 2.20. The standard InChI is InChI=1S/C14H16F3N3O2/c15-14(16,17)10-3-1-2-9(8-10)12(21)20-13(22)19-11-4-6-18-7-5-11/h1-3,8,11,18H,4-7H2,(H2,19,20,21,22). The normalized spacial score (nSPS) is 16.1. The van der Waals surface area contributed by atoms with Crippen molar-refractivity contribution in [2.45, 2.75) is 25.1 Å². The van der Waals surface area contributed by atoms with Crippen LogP contribution in [-0.2, 0) is 6.18 Å². The van der Waals surface area contributed by atoms with Gasteiger partial charge in [0.05, 0.1) is 5.56 Å². The number of alkyl halides is 3. The maximum absolute atomic E-state index is 12.6. The third-order valence-corrected chi connectivity index (χ3v) is 3.35. The van der Waals surface area contributed by atoms with Gasteiger partial charge in [-0.1, -0.05) is 6.07 Å². The van der Waals surface area contributed by atoms with Crippen LogP contribution in [0.5, 0.6) is 0 Å². The molecule has 3 N–H and O–H groups in total. The van der Waals surface area contributed by atoms with Crippen LogP contribution in [0.3, 0.4) is 0 Å². The summed E-state index contributed by atoms with van der Waals surface area (Å²) in [4.78, 5) is 23.5. The topological polar surface area (TPSA) is 70.2 Å². The molecule has 5 nitrogen and oxygen atoms in total. The number of carbonyl (C=O) groups is 2. The summed E-state index contributed by atoms with van der Waals surface area (Å²) in [6, 6.07) is 3.19. The largest absolute Gasteiger partial charge is 0.416 e. The molecule has 0 radical (unpaired) electrons. The van der Waals surface area contributed by atoms with Crippen molar-refractivity contribution in [3.8, 4) is 0 Å².